The molecule has 2 heterocycles. The molecule has 1 aromatic carbocycles. The Kier molecular flexibility index (Phi) is 6.13. The number of carbonyl (C=O) groups excluding carboxylic acids is 2. The number of amides is 2. The Hall–Kier alpha value is -2.38. The maximum atomic E-state index is 12.9. The molecule has 1 saturated heterocycles. The number of esters is 1. The molecule has 0 aromatic heterocycles. The molecule has 2 aliphatic rings. The van der Waals surface area contributed by atoms with Gasteiger partial charge in [0.2, 0.25) is 0 Å². The lowest BCUT2D eigenvalue weighted by Crippen LogP contribution is -3.27. The van der Waals surface area contributed by atoms with E-state index < -0.39 is 6.04 Å². The van der Waals surface area contributed by atoms with E-state index in [-0.39, 0.29) is 12.0 Å². The number of nitrogens with one attached hydrogen (secondary N) is 3. The van der Waals surface area contributed by atoms with Crippen molar-refractivity contribution in [3.8, 4) is 0 Å². The molecule has 1 atom stereocenters. The number of quaternary nitrogens is 2. The molecule has 0 unspecified atom stereocenters. The summed E-state index contributed by atoms with van der Waals surface area (Å²) in [5.41, 5.74) is 2.20. The maximum Gasteiger partial charge on any atom is 0.338 e. The van der Waals surface area contributed by atoms with Gasteiger partial charge in [-0.3, -0.25) is 4.90 Å². The second-order valence-electron chi connectivity index (χ2n) is 7.32. The zero-order chi connectivity index (χ0) is 19.4. The number of hydrogen-bond acceptors (Lipinski definition) is 3. The van der Waals surface area contributed by atoms with Gasteiger partial charge in [0, 0.05) is 7.05 Å². The lowest BCUT2D eigenvalue weighted by Gasteiger charge is -2.36. The summed E-state index contributed by atoms with van der Waals surface area (Å²) < 4.78 is 5.36. The van der Waals surface area contributed by atoms with Crippen molar-refractivity contribution in [2.45, 2.75) is 13.0 Å². The van der Waals surface area contributed by atoms with Crippen LogP contribution in [0.15, 0.2) is 41.6 Å². The second kappa shape index (κ2) is 8.54. The van der Waals surface area contributed by atoms with Crippen LogP contribution in [0.25, 0.3) is 0 Å². The second-order valence-corrected chi connectivity index (χ2v) is 7.32. The van der Waals surface area contributed by atoms with Crippen molar-refractivity contribution in [1.29, 1.82) is 0 Å². The number of rotatable bonds is 5. The number of likely N-dealkylation sites (N-methyl/N-ethyl adjacent to an activating group) is 2. The summed E-state index contributed by atoms with van der Waals surface area (Å²) in [6, 6.07) is 8.94. The van der Waals surface area contributed by atoms with Gasteiger partial charge in [0.25, 0.3) is 0 Å². The Morgan fingerprint density at radius 2 is 1.89 bits per heavy atom. The van der Waals surface area contributed by atoms with E-state index in [1.807, 2.05) is 30.3 Å². The van der Waals surface area contributed by atoms with Gasteiger partial charge in [-0.25, -0.2) is 9.59 Å². The zero-order valence-corrected chi connectivity index (χ0v) is 16.4. The summed E-state index contributed by atoms with van der Waals surface area (Å²) in [7, 11) is 3.93. The van der Waals surface area contributed by atoms with E-state index >= 15 is 0 Å². The molecule has 0 aliphatic carbocycles. The van der Waals surface area contributed by atoms with E-state index in [0.29, 0.717) is 18.7 Å². The first kappa shape index (κ1) is 19.4. The third-order valence-corrected chi connectivity index (χ3v) is 5.43. The smallest absolute Gasteiger partial charge is 0.338 e. The van der Waals surface area contributed by atoms with Crippen LogP contribution in [-0.4, -0.2) is 70.3 Å². The van der Waals surface area contributed by atoms with E-state index in [1.54, 1.807) is 18.9 Å². The topological polar surface area (TPSA) is 67.5 Å². The van der Waals surface area contributed by atoms with Crippen LogP contribution >= 0.6 is 0 Å². The van der Waals surface area contributed by atoms with Crippen LogP contribution in [0.1, 0.15) is 18.5 Å². The molecule has 1 fully saturated rings. The average Bonchev–Trinajstić information content (AvgIpc) is 2.67. The van der Waals surface area contributed by atoms with Crippen LogP contribution in [0.4, 0.5) is 4.79 Å². The molecule has 0 saturated carbocycles. The third kappa shape index (κ3) is 4.31. The molecule has 3 N–H and O–H groups in total. The molecule has 2 aliphatic heterocycles. The predicted molar refractivity (Wildman–Crippen MR) is 101 cm³/mol. The Bertz CT molecular complexity index is 711. The number of urea groups is 1. The lowest BCUT2D eigenvalue weighted by atomic mass is 9.94. The number of piperazine rings is 1. The molecule has 1 aromatic rings. The van der Waals surface area contributed by atoms with Gasteiger partial charge < -0.3 is 19.9 Å². The molecule has 0 bridgehead atoms. The Balaban J connectivity index is 1.99. The van der Waals surface area contributed by atoms with Crippen molar-refractivity contribution in [1.82, 2.24) is 10.2 Å². The van der Waals surface area contributed by atoms with Crippen molar-refractivity contribution in [2.75, 3.05) is 53.4 Å². The van der Waals surface area contributed by atoms with Crippen molar-refractivity contribution in [3.05, 3.63) is 47.2 Å². The summed E-state index contributed by atoms with van der Waals surface area (Å²) in [6.07, 6.45) is 0. The Morgan fingerprint density at radius 1 is 1.22 bits per heavy atom. The number of carbonyl (C=O) groups is 2. The number of hydrogen-bond donors (Lipinski definition) is 3. The van der Waals surface area contributed by atoms with E-state index in [1.165, 1.54) is 9.80 Å². The minimum Gasteiger partial charge on any atom is -0.463 e. The largest absolute Gasteiger partial charge is 0.463 e. The highest BCUT2D eigenvalue weighted by Gasteiger charge is 2.38. The first-order valence-electron chi connectivity index (χ1n) is 9.65. The first-order valence-corrected chi connectivity index (χ1v) is 9.65. The van der Waals surface area contributed by atoms with E-state index in [0.717, 1.165) is 37.4 Å². The van der Waals surface area contributed by atoms with Crippen molar-refractivity contribution >= 4 is 12.0 Å². The van der Waals surface area contributed by atoms with Gasteiger partial charge in [-0.05, 0) is 12.5 Å². The summed E-state index contributed by atoms with van der Waals surface area (Å²) >= 11 is 0. The molecule has 0 spiro atoms. The highest BCUT2D eigenvalue weighted by atomic mass is 16.5. The van der Waals surface area contributed by atoms with Crippen LogP contribution in [0, 0.1) is 0 Å². The zero-order valence-electron chi connectivity index (χ0n) is 16.4. The standard InChI is InChI=1S/C20H28N4O3/c1-4-27-19(25)17-16(14-24-12-10-22(2)11-13-24)23(3)20(26)21-18(17)15-8-6-5-7-9-15/h5-9,18H,4,10-14H2,1-3H3,(H,21,26)/p+2/t18-/m1/s1. The fourth-order valence-corrected chi connectivity index (χ4v) is 3.76. The van der Waals surface area contributed by atoms with Gasteiger partial charge in [0.1, 0.15) is 32.7 Å². The molecule has 27 heavy (non-hydrogen) atoms. The quantitative estimate of drug-likeness (QED) is 0.556. The molecular formula is C20H30N4O3+2. The number of ether oxygens (including phenoxy) is 1. The van der Waals surface area contributed by atoms with Crippen LogP contribution in [0.3, 0.4) is 0 Å². The highest BCUT2D eigenvalue weighted by Crippen LogP contribution is 2.30. The fourth-order valence-electron chi connectivity index (χ4n) is 3.76. The monoisotopic (exact) mass is 374 g/mol. The van der Waals surface area contributed by atoms with Gasteiger partial charge in [-0.1, -0.05) is 30.3 Å². The van der Waals surface area contributed by atoms with Crippen LogP contribution < -0.4 is 15.1 Å². The molecule has 2 amide bonds. The van der Waals surface area contributed by atoms with Crippen LogP contribution in [0.5, 0.6) is 0 Å². The van der Waals surface area contributed by atoms with Gasteiger partial charge in [-0.2, -0.15) is 0 Å². The molecule has 0 radical (unpaired) electrons. The SMILES string of the molecule is CCOC(=O)C1=C(C[NH+]2CC[NH+](C)CC2)N(C)C(=O)N[C@@H]1c1ccccc1. The summed E-state index contributed by atoms with van der Waals surface area (Å²) in [6.45, 7) is 6.99. The van der Waals surface area contributed by atoms with Gasteiger partial charge in [0.15, 0.2) is 0 Å². The summed E-state index contributed by atoms with van der Waals surface area (Å²) in [5, 5.41) is 2.96. The number of nitrogens with zero attached hydrogens (tertiary/aromatic N) is 1. The van der Waals surface area contributed by atoms with E-state index in [4.69, 9.17) is 4.74 Å². The van der Waals surface area contributed by atoms with Crippen molar-refractivity contribution in [2.24, 2.45) is 0 Å². The maximum absolute atomic E-state index is 12.9. The molecule has 3 rings (SSSR count). The number of benzene rings is 1. The minimum atomic E-state index is -0.485. The molecule has 146 valence electrons. The Morgan fingerprint density at radius 3 is 2.52 bits per heavy atom. The third-order valence-electron chi connectivity index (χ3n) is 5.43. The van der Waals surface area contributed by atoms with E-state index in [9.17, 15) is 9.59 Å². The van der Waals surface area contributed by atoms with Crippen LogP contribution in [-0.2, 0) is 9.53 Å². The van der Waals surface area contributed by atoms with Gasteiger partial charge in [-0.15, -0.1) is 0 Å². The van der Waals surface area contributed by atoms with E-state index in [2.05, 4.69) is 12.4 Å². The minimum absolute atomic E-state index is 0.189. The highest BCUT2D eigenvalue weighted by molar-refractivity contribution is 5.95. The lowest BCUT2D eigenvalue weighted by molar-refractivity contribution is -1.00. The fraction of sp³-hybridized carbons (Fsp3) is 0.500. The van der Waals surface area contributed by atoms with Gasteiger partial charge >= 0.3 is 12.0 Å². The van der Waals surface area contributed by atoms with Crippen molar-refractivity contribution < 1.29 is 24.1 Å². The van der Waals surface area contributed by atoms with Crippen molar-refractivity contribution in [3.63, 3.8) is 0 Å². The first-order chi connectivity index (χ1) is 13.0. The Labute approximate surface area is 160 Å². The van der Waals surface area contributed by atoms with Crippen LogP contribution in [0.2, 0.25) is 0 Å². The molecular weight excluding hydrogens is 344 g/mol. The molecule has 7 heteroatoms. The average molecular weight is 374 g/mol. The summed E-state index contributed by atoms with van der Waals surface area (Å²) in [5.74, 6) is -0.354. The normalized spacial score (nSPS) is 26.0. The molecule has 7 nitrogen and oxygen atoms in total. The summed E-state index contributed by atoms with van der Waals surface area (Å²) in [4.78, 5) is 30.0. The predicted octanol–water partition coefficient (Wildman–Crippen LogP) is -1.39. The van der Waals surface area contributed by atoms with Gasteiger partial charge in [0.05, 0.1) is 31.0 Å².